The molecule has 0 radical (unpaired) electrons. The highest BCUT2D eigenvalue weighted by molar-refractivity contribution is 5.96. The second-order valence-corrected chi connectivity index (χ2v) is 6.61. The Morgan fingerprint density at radius 1 is 1.00 bits per heavy atom. The summed E-state index contributed by atoms with van der Waals surface area (Å²) in [5, 5.41) is 13.1. The van der Waals surface area contributed by atoms with Crippen molar-refractivity contribution in [2.24, 2.45) is 9.98 Å². The van der Waals surface area contributed by atoms with Crippen LogP contribution in [0.2, 0.25) is 0 Å². The summed E-state index contributed by atoms with van der Waals surface area (Å²) in [7, 11) is 0. The molecule has 0 unspecified atom stereocenters. The van der Waals surface area contributed by atoms with E-state index in [4.69, 9.17) is 4.74 Å². The number of rotatable bonds is 4. The number of nitrogens with zero attached hydrogens (tertiary/aromatic N) is 2. The van der Waals surface area contributed by atoms with Crippen LogP contribution < -0.4 is 15.3 Å². The largest absolute Gasteiger partial charge is 0.494 e. The Morgan fingerprint density at radius 2 is 1.89 bits per heavy atom. The van der Waals surface area contributed by atoms with Crippen molar-refractivity contribution in [2.75, 3.05) is 0 Å². The minimum absolute atomic E-state index is 0.111. The highest BCUT2D eigenvalue weighted by Gasteiger charge is 2.14. The van der Waals surface area contributed by atoms with E-state index in [9.17, 15) is 5.11 Å². The highest BCUT2D eigenvalue weighted by Crippen LogP contribution is 2.35. The van der Waals surface area contributed by atoms with E-state index in [1.54, 1.807) is 6.34 Å². The lowest BCUT2D eigenvalue weighted by Gasteiger charge is -2.08. The van der Waals surface area contributed by atoms with Gasteiger partial charge in [-0.2, -0.15) is 0 Å². The lowest BCUT2D eigenvalue weighted by atomic mass is 10.1. The number of aliphatic imine (C=N–C) groups is 1. The maximum absolute atomic E-state index is 10.5. The van der Waals surface area contributed by atoms with Crippen LogP contribution in [0.25, 0.3) is 17.0 Å². The average Bonchev–Trinajstić information content (AvgIpc) is 3.31. The summed E-state index contributed by atoms with van der Waals surface area (Å²) in [6, 6.07) is 21.6. The molecule has 1 aliphatic rings. The fourth-order valence-corrected chi connectivity index (χ4v) is 3.39. The standard InChI is InChI=1S/C23H17N3O2/c27-23-17(11-16-9-10-18-20(12-16)25-14-24-18)22-19(26-23)7-4-8-21(22)28-13-15-5-2-1-3-6-15/h1-12,14,26-27H,13H2/b16-11+. The van der Waals surface area contributed by atoms with Crippen molar-refractivity contribution in [3.05, 3.63) is 88.4 Å². The van der Waals surface area contributed by atoms with Gasteiger partial charge in [0.05, 0.1) is 21.9 Å². The van der Waals surface area contributed by atoms with E-state index in [-0.39, 0.29) is 5.88 Å². The van der Waals surface area contributed by atoms with Gasteiger partial charge >= 0.3 is 0 Å². The molecule has 1 aliphatic heterocycles. The molecular formula is C23H17N3O2. The van der Waals surface area contributed by atoms with E-state index in [0.29, 0.717) is 12.2 Å². The van der Waals surface area contributed by atoms with E-state index in [0.717, 1.165) is 38.5 Å². The van der Waals surface area contributed by atoms with Crippen molar-refractivity contribution in [3.63, 3.8) is 0 Å². The van der Waals surface area contributed by atoms with Crippen molar-refractivity contribution in [1.82, 2.24) is 4.98 Å². The SMILES string of the molecule is Oc1[nH]c2cccc(OCc3ccccc3)c2c1/C=c1\ccc2c(c1)N=CN=2. The molecule has 5 nitrogen and oxygen atoms in total. The van der Waals surface area contributed by atoms with Gasteiger partial charge in [-0.1, -0.05) is 42.5 Å². The van der Waals surface area contributed by atoms with Gasteiger partial charge in [0, 0.05) is 5.56 Å². The number of benzene rings is 3. The smallest absolute Gasteiger partial charge is 0.197 e. The second-order valence-electron chi connectivity index (χ2n) is 6.61. The first-order valence-electron chi connectivity index (χ1n) is 9.00. The molecule has 2 heterocycles. The first-order valence-corrected chi connectivity index (χ1v) is 9.00. The number of hydrogen-bond acceptors (Lipinski definition) is 4. The lowest BCUT2D eigenvalue weighted by molar-refractivity contribution is 0.310. The minimum Gasteiger partial charge on any atom is -0.494 e. The number of nitrogens with one attached hydrogen (secondary N) is 1. The van der Waals surface area contributed by atoms with Crippen LogP contribution in [0.3, 0.4) is 0 Å². The normalized spacial score (nSPS) is 12.9. The van der Waals surface area contributed by atoms with Crippen molar-refractivity contribution >= 4 is 29.0 Å². The third-order valence-electron chi connectivity index (χ3n) is 4.75. The van der Waals surface area contributed by atoms with Gasteiger partial charge in [-0.05, 0) is 41.1 Å². The van der Waals surface area contributed by atoms with Crippen LogP contribution >= 0.6 is 0 Å². The van der Waals surface area contributed by atoms with Gasteiger partial charge in [-0.3, -0.25) is 0 Å². The van der Waals surface area contributed by atoms with E-state index in [1.807, 2.05) is 72.8 Å². The molecule has 2 N–H and O–H groups in total. The minimum atomic E-state index is 0.111. The van der Waals surface area contributed by atoms with Gasteiger partial charge in [0.2, 0.25) is 0 Å². The zero-order valence-corrected chi connectivity index (χ0v) is 15.0. The molecule has 3 aromatic carbocycles. The van der Waals surface area contributed by atoms with E-state index < -0.39 is 0 Å². The van der Waals surface area contributed by atoms with E-state index in [2.05, 4.69) is 15.0 Å². The molecule has 136 valence electrons. The zero-order chi connectivity index (χ0) is 18.9. The molecule has 0 bridgehead atoms. The summed E-state index contributed by atoms with van der Waals surface area (Å²) in [6.45, 7) is 0.459. The third kappa shape index (κ3) is 2.93. The van der Waals surface area contributed by atoms with Crippen LogP contribution in [0.1, 0.15) is 11.1 Å². The molecule has 4 aromatic rings. The first kappa shape index (κ1) is 16.3. The molecule has 5 rings (SSSR count). The maximum atomic E-state index is 10.5. The van der Waals surface area contributed by atoms with Gasteiger partial charge in [-0.15, -0.1) is 0 Å². The van der Waals surface area contributed by atoms with Gasteiger partial charge in [0.25, 0.3) is 0 Å². The van der Waals surface area contributed by atoms with Crippen molar-refractivity contribution in [2.45, 2.75) is 6.61 Å². The second kappa shape index (κ2) is 6.70. The van der Waals surface area contributed by atoms with Gasteiger partial charge < -0.3 is 14.8 Å². The molecular weight excluding hydrogens is 350 g/mol. The Bertz CT molecular complexity index is 1320. The number of aromatic hydroxyl groups is 1. The number of aromatic nitrogens is 1. The molecule has 0 saturated heterocycles. The van der Waals surface area contributed by atoms with Crippen molar-refractivity contribution in [3.8, 4) is 11.6 Å². The molecule has 0 aliphatic carbocycles. The van der Waals surface area contributed by atoms with Gasteiger partial charge in [0.15, 0.2) is 5.88 Å². The Balaban J connectivity index is 1.59. The maximum Gasteiger partial charge on any atom is 0.197 e. The summed E-state index contributed by atoms with van der Waals surface area (Å²) < 4.78 is 6.08. The molecule has 0 saturated carbocycles. The molecule has 28 heavy (non-hydrogen) atoms. The number of hydrogen-bond donors (Lipinski definition) is 2. The van der Waals surface area contributed by atoms with Crippen LogP contribution in [-0.2, 0) is 6.61 Å². The number of H-pyrrole nitrogens is 1. The van der Waals surface area contributed by atoms with Crippen LogP contribution in [0.15, 0.2) is 76.7 Å². The van der Waals surface area contributed by atoms with Gasteiger partial charge in [-0.25, -0.2) is 9.98 Å². The molecule has 0 fully saturated rings. The number of aromatic amines is 1. The number of fused-ring (bicyclic) bond motifs is 2. The summed E-state index contributed by atoms with van der Waals surface area (Å²) >= 11 is 0. The highest BCUT2D eigenvalue weighted by atomic mass is 16.5. The van der Waals surface area contributed by atoms with Crippen LogP contribution in [-0.4, -0.2) is 16.4 Å². The summed E-state index contributed by atoms with van der Waals surface area (Å²) in [5.74, 6) is 0.831. The first-order chi connectivity index (χ1) is 13.8. The predicted octanol–water partition coefficient (Wildman–Crippen LogP) is 3.57. The quantitative estimate of drug-likeness (QED) is 0.579. The Hall–Kier alpha value is -3.86. The summed E-state index contributed by atoms with van der Waals surface area (Å²) in [4.78, 5) is 11.5. The monoisotopic (exact) mass is 367 g/mol. The van der Waals surface area contributed by atoms with Crippen molar-refractivity contribution < 1.29 is 9.84 Å². The third-order valence-corrected chi connectivity index (χ3v) is 4.75. The summed E-state index contributed by atoms with van der Waals surface area (Å²) in [5.41, 5.74) is 3.43. The van der Waals surface area contributed by atoms with Crippen LogP contribution in [0, 0.1) is 0 Å². The fourth-order valence-electron chi connectivity index (χ4n) is 3.39. The lowest BCUT2D eigenvalue weighted by Crippen LogP contribution is -2.06. The van der Waals surface area contributed by atoms with Gasteiger partial charge in [0.1, 0.15) is 18.7 Å². The Labute approximate surface area is 161 Å². The van der Waals surface area contributed by atoms with E-state index in [1.165, 1.54) is 0 Å². The molecule has 0 spiro atoms. The Morgan fingerprint density at radius 3 is 2.79 bits per heavy atom. The molecule has 0 atom stereocenters. The average molecular weight is 367 g/mol. The summed E-state index contributed by atoms with van der Waals surface area (Å²) in [6.07, 6.45) is 3.48. The molecule has 5 heteroatoms. The topological polar surface area (TPSA) is 70.0 Å². The fraction of sp³-hybridized carbons (Fsp3) is 0.0435. The molecule has 0 amide bonds. The van der Waals surface area contributed by atoms with E-state index >= 15 is 0 Å². The molecule has 1 aromatic heterocycles. The number of ether oxygens (including phenoxy) is 1. The van der Waals surface area contributed by atoms with Crippen LogP contribution in [0.4, 0.5) is 5.69 Å². The van der Waals surface area contributed by atoms with Crippen LogP contribution in [0.5, 0.6) is 11.6 Å². The Kier molecular flexibility index (Phi) is 3.91. The predicted molar refractivity (Wildman–Crippen MR) is 110 cm³/mol. The van der Waals surface area contributed by atoms with Crippen molar-refractivity contribution in [1.29, 1.82) is 0 Å². The zero-order valence-electron chi connectivity index (χ0n) is 15.0.